The van der Waals surface area contributed by atoms with E-state index in [2.05, 4.69) is 140 Å². The van der Waals surface area contributed by atoms with Crippen LogP contribution in [0, 0.1) is 0 Å². The molecule has 0 amide bonds. The van der Waals surface area contributed by atoms with Gasteiger partial charge in [0, 0.05) is 27.5 Å². The summed E-state index contributed by atoms with van der Waals surface area (Å²) >= 11 is 0. The monoisotopic (exact) mass is 789 g/mol. The minimum atomic E-state index is -0.412. The zero-order chi connectivity index (χ0) is 40.8. The van der Waals surface area contributed by atoms with E-state index in [-0.39, 0.29) is 0 Å². The van der Waals surface area contributed by atoms with E-state index in [0.29, 0.717) is 17.5 Å². The van der Waals surface area contributed by atoms with Gasteiger partial charge in [-0.1, -0.05) is 188 Å². The average molecular weight is 790 g/mol. The van der Waals surface area contributed by atoms with Crippen LogP contribution in [0.15, 0.2) is 217 Å². The molecule has 4 heteroatoms. The number of nitrogens with zero attached hydrogens (tertiary/aromatic N) is 3. The number of aromatic nitrogens is 3. The minimum absolute atomic E-state index is 0.412. The Morgan fingerprint density at radius 1 is 0.290 bits per heavy atom. The second kappa shape index (κ2) is 13.4. The van der Waals surface area contributed by atoms with Gasteiger partial charge in [-0.15, -0.1) is 0 Å². The van der Waals surface area contributed by atoms with Crippen molar-refractivity contribution < 1.29 is 4.42 Å². The fourth-order valence-corrected chi connectivity index (χ4v) is 10.4. The van der Waals surface area contributed by atoms with Gasteiger partial charge in [-0.25, -0.2) is 15.0 Å². The Morgan fingerprint density at radius 2 is 0.742 bits per heavy atom. The highest BCUT2D eigenvalue weighted by atomic mass is 16.3. The van der Waals surface area contributed by atoms with Crippen LogP contribution in [0.5, 0.6) is 0 Å². The summed E-state index contributed by atoms with van der Waals surface area (Å²) in [6, 6.07) is 75.8. The van der Waals surface area contributed by atoms with Crippen molar-refractivity contribution in [3.63, 3.8) is 0 Å². The normalized spacial score (nSPS) is 13.0. The fraction of sp³-hybridized carbons (Fsp3) is 0.0172. The van der Waals surface area contributed by atoms with Crippen molar-refractivity contribution in [1.82, 2.24) is 15.0 Å². The molecule has 11 aromatic rings. The highest BCUT2D eigenvalue weighted by molar-refractivity contribution is 6.13. The second-order valence-corrected chi connectivity index (χ2v) is 16.2. The summed E-state index contributed by atoms with van der Waals surface area (Å²) in [5, 5.41) is 1.98. The summed E-state index contributed by atoms with van der Waals surface area (Å²) < 4.78 is 6.57. The molecule has 0 saturated carbocycles. The van der Waals surface area contributed by atoms with E-state index >= 15 is 0 Å². The minimum Gasteiger partial charge on any atom is -0.456 e. The zero-order valence-corrected chi connectivity index (χ0v) is 33.5. The second-order valence-electron chi connectivity index (χ2n) is 16.2. The molecule has 0 atom stereocenters. The van der Waals surface area contributed by atoms with Gasteiger partial charge in [0.1, 0.15) is 11.2 Å². The van der Waals surface area contributed by atoms with Gasteiger partial charge in [0.05, 0.1) is 5.41 Å². The molecule has 9 aromatic carbocycles. The maximum absolute atomic E-state index is 6.57. The van der Waals surface area contributed by atoms with Crippen LogP contribution in [0.4, 0.5) is 0 Å². The number of hydrogen-bond acceptors (Lipinski definition) is 4. The third-order valence-electron chi connectivity index (χ3n) is 13.0. The number of hydrogen-bond donors (Lipinski definition) is 0. The molecule has 13 rings (SSSR count). The number of benzene rings is 9. The Kier molecular flexibility index (Phi) is 7.49. The molecule has 2 aromatic heterocycles. The molecule has 4 nitrogen and oxygen atoms in total. The SMILES string of the molecule is c1ccc(-c2nc(-c3ccccc3)nc(-c3cccc4oc5ccc(-c6ccccc6-c6ccc7c(c6)C6(c8ccccc8-c8ccccc86)c6ccccc6-7)cc5c34)n2)cc1. The molecule has 2 aliphatic rings. The van der Waals surface area contributed by atoms with Crippen LogP contribution in [-0.4, -0.2) is 15.0 Å². The van der Waals surface area contributed by atoms with Gasteiger partial charge >= 0.3 is 0 Å². The van der Waals surface area contributed by atoms with Crippen LogP contribution in [0.1, 0.15) is 22.3 Å². The lowest BCUT2D eigenvalue weighted by molar-refractivity contribution is 0.669. The molecule has 1 spiro atoms. The van der Waals surface area contributed by atoms with Crippen molar-refractivity contribution in [2.24, 2.45) is 0 Å². The lowest BCUT2D eigenvalue weighted by Crippen LogP contribution is -2.25. The molecule has 0 fully saturated rings. The van der Waals surface area contributed by atoms with Gasteiger partial charge in [-0.2, -0.15) is 0 Å². The van der Waals surface area contributed by atoms with E-state index in [1.54, 1.807) is 0 Å². The Labute approximate surface area is 358 Å². The molecule has 62 heavy (non-hydrogen) atoms. The fourth-order valence-electron chi connectivity index (χ4n) is 10.4. The predicted molar refractivity (Wildman–Crippen MR) is 251 cm³/mol. The van der Waals surface area contributed by atoms with Gasteiger partial charge < -0.3 is 4.42 Å². The van der Waals surface area contributed by atoms with Crippen molar-refractivity contribution in [2.45, 2.75) is 5.41 Å². The Balaban J connectivity index is 0.988. The van der Waals surface area contributed by atoms with Crippen LogP contribution in [0.3, 0.4) is 0 Å². The third-order valence-corrected chi connectivity index (χ3v) is 13.0. The Hall–Kier alpha value is -8.21. The topological polar surface area (TPSA) is 51.8 Å². The van der Waals surface area contributed by atoms with Crippen molar-refractivity contribution >= 4 is 21.9 Å². The standard InChI is InChI=1S/C58H35N3O/c1-3-16-36(17-4-1)55-59-56(37-18-5-2-6-19-37)61-57(60-55)46-25-15-29-53-54(46)47-34-38(31-33-52(47)62-53)40-20-7-8-21-41(40)39-30-32-45-44-24-11-14-28-50(44)58(51(45)35-39)48-26-12-9-22-42(48)43-23-10-13-27-49(43)58/h1-35H. The molecule has 2 heterocycles. The van der Waals surface area contributed by atoms with E-state index in [1.807, 2.05) is 72.8 Å². The zero-order valence-electron chi connectivity index (χ0n) is 33.5. The summed E-state index contributed by atoms with van der Waals surface area (Å²) in [4.78, 5) is 15.2. The summed E-state index contributed by atoms with van der Waals surface area (Å²) in [5.74, 6) is 1.84. The van der Waals surface area contributed by atoms with Crippen LogP contribution < -0.4 is 0 Å². The third kappa shape index (κ3) is 4.98. The van der Waals surface area contributed by atoms with E-state index < -0.39 is 5.41 Å². The summed E-state index contributed by atoms with van der Waals surface area (Å²) in [6.45, 7) is 0. The Morgan fingerprint density at radius 3 is 1.32 bits per heavy atom. The molecular weight excluding hydrogens is 755 g/mol. The van der Waals surface area contributed by atoms with Crippen molar-refractivity contribution in [2.75, 3.05) is 0 Å². The van der Waals surface area contributed by atoms with Crippen LogP contribution >= 0.6 is 0 Å². The van der Waals surface area contributed by atoms with Crippen molar-refractivity contribution in [1.29, 1.82) is 0 Å². The number of furan rings is 1. The maximum Gasteiger partial charge on any atom is 0.164 e. The predicted octanol–water partition coefficient (Wildman–Crippen LogP) is 14.4. The van der Waals surface area contributed by atoms with Crippen molar-refractivity contribution in [3.05, 3.63) is 235 Å². The van der Waals surface area contributed by atoms with E-state index in [1.165, 1.54) is 55.6 Å². The largest absolute Gasteiger partial charge is 0.456 e. The van der Waals surface area contributed by atoms with Crippen LogP contribution in [0.25, 0.3) is 101 Å². The summed E-state index contributed by atoms with van der Waals surface area (Å²) in [7, 11) is 0. The van der Waals surface area contributed by atoms with Crippen molar-refractivity contribution in [3.8, 4) is 78.7 Å². The average Bonchev–Trinajstić information content (AvgIpc) is 3.98. The first-order valence-electron chi connectivity index (χ1n) is 21.1. The first kappa shape index (κ1) is 34.6. The van der Waals surface area contributed by atoms with Crippen LogP contribution in [0.2, 0.25) is 0 Å². The summed E-state index contributed by atoms with van der Waals surface area (Å²) in [5.41, 5.74) is 19.1. The molecule has 288 valence electrons. The number of fused-ring (bicyclic) bond motifs is 13. The summed E-state index contributed by atoms with van der Waals surface area (Å²) in [6.07, 6.45) is 0. The molecule has 0 unspecified atom stereocenters. The van der Waals surface area contributed by atoms with Gasteiger partial charge in [0.15, 0.2) is 17.5 Å². The maximum atomic E-state index is 6.57. The van der Waals surface area contributed by atoms with E-state index in [4.69, 9.17) is 19.4 Å². The molecule has 0 saturated heterocycles. The molecule has 2 aliphatic carbocycles. The van der Waals surface area contributed by atoms with Gasteiger partial charge in [-0.05, 0) is 91.0 Å². The molecular formula is C58H35N3O. The molecule has 0 N–H and O–H groups in total. The quantitative estimate of drug-likeness (QED) is 0.174. The lowest BCUT2D eigenvalue weighted by Gasteiger charge is -2.30. The molecule has 0 radical (unpaired) electrons. The number of rotatable bonds is 5. The first-order chi connectivity index (χ1) is 30.7. The van der Waals surface area contributed by atoms with Crippen LogP contribution in [-0.2, 0) is 5.41 Å². The first-order valence-corrected chi connectivity index (χ1v) is 21.1. The van der Waals surface area contributed by atoms with Gasteiger partial charge in [0.2, 0.25) is 0 Å². The lowest BCUT2D eigenvalue weighted by atomic mass is 9.70. The highest BCUT2D eigenvalue weighted by Crippen LogP contribution is 2.63. The molecule has 0 bridgehead atoms. The van der Waals surface area contributed by atoms with Gasteiger partial charge in [-0.3, -0.25) is 0 Å². The van der Waals surface area contributed by atoms with E-state index in [0.717, 1.165) is 49.8 Å². The highest BCUT2D eigenvalue weighted by Gasteiger charge is 2.51. The molecule has 0 aliphatic heterocycles. The van der Waals surface area contributed by atoms with Gasteiger partial charge in [0.25, 0.3) is 0 Å². The smallest absolute Gasteiger partial charge is 0.164 e. The van der Waals surface area contributed by atoms with E-state index in [9.17, 15) is 0 Å². The Bertz CT molecular complexity index is 3470.